The van der Waals surface area contributed by atoms with Crippen LogP contribution in [0.2, 0.25) is 0 Å². The van der Waals surface area contributed by atoms with Crippen LogP contribution in [-0.2, 0) is 18.3 Å². The van der Waals surface area contributed by atoms with Crippen LogP contribution in [0.25, 0.3) is 0 Å². The zero-order chi connectivity index (χ0) is 13.3. The lowest BCUT2D eigenvalue weighted by Crippen LogP contribution is -2.30. The summed E-state index contributed by atoms with van der Waals surface area (Å²) in [4.78, 5) is 0. The van der Waals surface area contributed by atoms with Crippen molar-refractivity contribution in [3.8, 4) is 0 Å². The predicted octanol–water partition coefficient (Wildman–Crippen LogP) is 2.31. The summed E-state index contributed by atoms with van der Waals surface area (Å²) in [7, 11) is 1.99. The SMILES string of the molecule is Cc1c(CNCC2CCC3(CCCC3)O2)cnn1C. The third-order valence-corrected chi connectivity index (χ3v) is 4.88. The first kappa shape index (κ1) is 13.1. The molecular weight excluding hydrogens is 238 g/mol. The van der Waals surface area contributed by atoms with Gasteiger partial charge >= 0.3 is 0 Å². The second-order valence-electron chi connectivity index (χ2n) is 6.18. The van der Waals surface area contributed by atoms with Gasteiger partial charge in [0.1, 0.15) is 0 Å². The summed E-state index contributed by atoms with van der Waals surface area (Å²) in [6.45, 7) is 3.98. The second kappa shape index (κ2) is 5.25. The van der Waals surface area contributed by atoms with Crippen LogP contribution in [0, 0.1) is 6.92 Å². The average molecular weight is 263 g/mol. The molecule has 0 amide bonds. The van der Waals surface area contributed by atoms with E-state index in [1.54, 1.807) is 0 Å². The topological polar surface area (TPSA) is 39.1 Å². The van der Waals surface area contributed by atoms with Crippen molar-refractivity contribution in [2.24, 2.45) is 7.05 Å². The van der Waals surface area contributed by atoms with Gasteiger partial charge in [-0.15, -0.1) is 0 Å². The first-order chi connectivity index (χ1) is 9.19. The highest BCUT2D eigenvalue weighted by atomic mass is 16.5. The first-order valence-corrected chi connectivity index (χ1v) is 7.55. The van der Waals surface area contributed by atoms with Crippen LogP contribution in [0.5, 0.6) is 0 Å². The Hall–Kier alpha value is -0.870. The van der Waals surface area contributed by atoms with Gasteiger partial charge in [0.05, 0.1) is 17.9 Å². The quantitative estimate of drug-likeness (QED) is 0.906. The highest BCUT2D eigenvalue weighted by molar-refractivity contribution is 5.15. The van der Waals surface area contributed by atoms with Crippen molar-refractivity contribution in [3.05, 3.63) is 17.5 Å². The third-order valence-electron chi connectivity index (χ3n) is 4.88. The molecule has 2 fully saturated rings. The number of rotatable bonds is 4. The van der Waals surface area contributed by atoms with Crippen molar-refractivity contribution < 1.29 is 4.74 Å². The van der Waals surface area contributed by atoms with Crippen LogP contribution in [0.3, 0.4) is 0 Å². The summed E-state index contributed by atoms with van der Waals surface area (Å²) in [5.41, 5.74) is 2.79. The third kappa shape index (κ3) is 2.70. The lowest BCUT2D eigenvalue weighted by Gasteiger charge is -2.23. The van der Waals surface area contributed by atoms with Gasteiger partial charge in [-0.05, 0) is 32.6 Å². The van der Waals surface area contributed by atoms with E-state index >= 15 is 0 Å². The minimum atomic E-state index is 0.260. The van der Waals surface area contributed by atoms with E-state index in [4.69, 9.17) is 4.74 Å². The fourth-order valence-electron chi connectivity index (χ4n) is 3.51. The Bertz CT molecular complexity index is 435. The van der Waals surface area contributed by atoms with Crippen molar-refractivity contribution in [3.63, 3.8) is 0 Å². The summed E-state index contributed by atoms with van der Waals surface area (Å²) in [5, 5.41) is 7.80. The normalized spacial score (nSPS) is 25.5. The van der Waals surface area contributed by atoms with E-state index < -0.39 is 0 Å². The molecule has 1 aliphatic carbocycles. The molecule has 1 aromatic heterocycles. The second-order valence-corrected chi connectivity index (χ2v) is 6.18. The highest BCUT2D eigenvalue weighted by Crippen LogP contribution is 2.43. The molecule has 19 heavy (non-hydrogen) atoms. The Kier molecular flexibility index (Phi) is 3.63. The minimum absolute atomic E-state index is 0.260. The molecule has 0 bridgehead atoms. The summed E-state index contributed by atoms with van der Waals surface area (Å²) < 4.78 is 8.23. The largest absolute Gasteiger partial charge is 0.370 e. The Labute approximate surface area is 115 Å². The zero-order valence-electron chi connectivity index (χ0n) is 12.1. The molecule has 0 radical (unpaired) electrons. The number of nitrogens with one attached hydrogen (secondary N) is 1. The van der Waals surface area contributed by atoms with Gasteiger partial charge in [0.15, 0.2) is 0 Å². The van der Waals surface area contributed by atoms with Crippen molar-refractivity contribution >= 4 is 0 Å². The molecule has 1 unspecified atom stereocenters. The fraction of sp³-hybridized carbons (Fsp3) is 0.800. The molecule has 1 atom stereocenters. The molecule has 4 nitrogen and oxygen atoms in total. The molecule has 1 spiro atoms. The molecule has 0 aromatic carbocycles. The van der Waals surface area contributed by atoms with E-state index in [1.165, 1.54) is 49.8 Å². The highest BCUT2D eigenvalue weighted by Gasteiger charge is 2.41. The molecule has 1 aromatic rings. The van der Waals surface area contributed by atoms with E-state index in [2.05, 4.69) is 17.3 Å². The summed E-state index contributed by atoms with van der Waals surface area (Å²) in [6, 6.07) is 0. The van der Waals surface area contributed by atoms with E-state index in [0.29, 0.717) is 6.10 Å². The molecular formula is C15H25N3O. The molecule has 1 N–H and O–H groups in total. The number of hydrogen-bond donors (Lipinski definition) is 1. The molecule has 1 saturated heterocycles. The van der Waals surface area contributed by atoms with Gasteiger partial charge in [0.2, 0.25) is 0 Å². The van der Waals surface area contributed by atoms with Gasteiger partial charge in [0.25, 0.3) is 0 Å². The summed E-state index contributed by atoms with van der Waals surface area (Å²) in [5.74, 6) is 0. The molecule has 1 saturated carbocycles. The molecule has 4 heteroatoms. The Balaban J connectivity index is 1.45. The lowest BCUT2D eigenvalue weighted by molar-refractivity contribution is -0.0351. The molecule has 106 valence electrons. The van der Waals surface area contributed by atoms with Gasteiger partial charge in [-0.1, -0.05) is 12.8 Å². The maximum atomic E-state index is 6.30. The summed E-state index contributed by atoms with van der Waals surface area (Å²) >= 11 is 0. The predicted molar refractivity (Wildman–Crippen MR) is 75.0 cm³/mol. The van der Waals surface area contributed by atoms with Crippen LogP contribution in [0.15, 0.2) is 6.20 Å². The van der Waals surface area contributed by atoms with Gasteiger partial charge in [-0.3, -0.25) is 4.68 Å². The maximum absolute atomic E-state index is 6.30. The number of ether oxygens (including phenoxy) is 1. The number of aryl methyl sites for hydroxylation is 1. The van der Waals surface area contributed by atoms with Crippen molar-refractivity contribution in [2.45, 2.75) is 63.7 Å². The monoisotopic (exact) mass is 263 g/mol. The molecule has 2 heterocycles. The smallest absolute Gasteiger partial charge is 0.0708 e. The van der Waals surface area contributed by atoms with Gasteiger partial charge in [0, 0.05) is 31.4 Å². The van der Waals surface area contributed by atoms with Gasteiger partial charge < -0.3 is 10.1 Å². The van der Waals surface area contributed by atoms with Gasteiger partial charge in [-0.2, -0.15) is 5.10 Å². The maximum Gasteiger partial charge on any atom is 0.0708 e. The van der Waals surface area contributed by atoms with Crippen LogP contribution >= 0.6 is 0 Å². The lowest BCUT2D eigenvalue weighted by atomic mass is 9.98. The summed E-state index contributed by atoms with van der Waals surface area (Å²) in [6.07, 6.45) is 10.1. The molecule has 1 aliphatic heterocycles. The first-order valence-electron chi connectivity index (χ1n) is 7.55. The van der Waals surface area contributed by atoms with E-state index in [0.717, 1.165) is 13.1 Å². The Morgan fingerprint density at radius 3 is 2.89 bits per heavy atom. The van der Waals surface area contributed by atoms with Crippen LogP contribution in [0.1, 0.15) is 49.8 Å². The van der Waals surface area contributed by atoms with Crippen LogP contribution in [-0.4, -0.2) is 28.0 Å². The van der Waals surface area contributed by atoms with Crippen LogP contribution in [0.4, 0.5) is 0 Å². The Morgan fingerprint density at radius 2 is 2.21 bits per heavy atom. The number of aromatic nitrogens is 2. The Morgan fingerprint density at radius 1 is 1.42 bits per heavy atom. The number of nitrogens with zero attached hydrogens (tertiary/aromatic N) is 2. The van der Waals surface area contributed by atoms with E-state index in [9.17, 15) is 0 Å². The van der Waals surface area contributed by atoms with Crippen molar-refractivity contribution in [1.82, 2.24) is 15.1 Å². The standard InChI is InChI=1S/C15H25N3O/c1-12-13(10-17-18(12)2)9-16-11-14-5-8-15(19-14)6-3-4-7-15/h10,14,16H,3-9,11H2,1-2H3. The van der Waals surface area contributed by atoms with Gasteiger partial charge in [-0.25, -0.2) is 0 Å². The fourth-order valence-corrected chi connectivity index (χ4v) is 3.51. The van der Waals surface area contributed by atoms with Crippen LogP contribution < -0.4 is 5.32 Å². The van der Waals surface area contributed by atoms with Crippen molar-refractivity contribution in [2.75, 3.05) is 6.54 Å². The van der Waals surface area contributed by atoms with E-state index in [1.807, 2.05) is 17.9 Å². The minimum Gasteiger partial charge on any atom is -0.370 e. The van der Waals surface area contributed by atoms with E-state index in [-0.39, 0.29) is 5.60 Å². The number of hydrogen-bond acceptors (Lipinski definition) is 3. The average Bonchev–Trinajstić information content (AvgIpc) is 3.09. The molecule has 2 aliphatic rings. The molecule has 3 rings (SSSR count). The van der Waals surface area contributed by atoms with Crippen molar-refractivity contribution in [1.29, 1.82) is 0 Å². The zero-order valence-corrected chi connectivity index (χ0v) is 12.1.